The van der Waals surface area contributed by atoms with Crippen molar-refractivity contribution in [3.63, 3.8) is 0 Å². The molecule has 94 valence electrons. The molecule has 0 aliphatic rings. The predicted octanol–water partition coefficient (Wildman–Crippen LogP) is 5.87. The van der Waals surface area contributed by atoms with Crippen LogP contribution in [0.4, 0.5) is 8.78 Å². The molecule has 0 fully saturated rings. The molecule has 2 aromatic rings. The van der Waals surface area contributed by atoms with Gasteiger partial charge in [-0.2, -0.15) is 0 Å². The van der Waals surface area contributed by atoms with E-state index in [1.54, 1.807) is 18.2 Å². The van der Waals surface area contributed by atoms with Crippen molar-refractivity contribution in [2.75, 3.05) is 0 Å². The van der Waals surface area contributed by atoms with Crippen LogP contribution in [0.25, 0.3) is 0 Å². The zero-order valence-corrected chi connectivity index (χ0v) is 12.9. The van der Waals surface area contributed by atoms with E-state index in [2.05, 4.69) is 31.9 Å². The number of halogens is 5. The number of rotatable bonds is 2. The maximum absolute atomic E-state index is 13.7. The normalized spacial score (nSPS) is 12.5. The fourth-order valence-electron chi connectivity index (χ4n) is 1.58. The van der Waals surface area contributed by atoms with Crippen molar-refractivity contribution in [2.45, 2.75) is 4.83 Å². The third kappa shape index (κ3) is 2.92. The lowest BCUT2D eigenvalue weighted by atomic mass is 10.0. The topological polar surface area (TPSA) is 0 Å². The monoisotopic (exact) mass is 394 g/mol. The first kappa shape index (κ1) is 14.0. The minimum atomic E-state index is -0.492. The summed E-state index contributed by atoms with van der Waals surface area (Å²) in [5, 5.41) is 0.481. The number of alkyl halides is 1. The average molecular weight is 396 g/mol. The molecule has 0 aliphatic heterocycles. The van der Waals surface area contributed by atoms with Gasteiger partial charge < -0.3 is 0 Å². The van der Waals surface area contributed by atoms with Gasteiger partial charge in [-0.1, -0.05) is 49.5 Å². The van der Waals surface area contributed by atoms with Gasteiger partial charge in [0.25, 0.3) is 0 Å². The smallest absolute Gasteiger partial charge is 0.128 e. The molecule has 2 rings (SSSR count). The van der Waals surface area contributed by atoms with Gasteiger partial charge in [-0.05, 0) is 35.9 Å². The van der Waals surface area contributed by atoms with Crippen LogP contribution in [0.15, 0.2) is 40.9 Å². The van der Waals surface area contributed by atoms with E-state index < -0.39 is 16.5 Å². The molecule has 0 aromatic heterocycles. The van der Waals surface area contributed by atoms with E-state index in [0.717, 1.165) is 22.7 Å². The molecule has 5 heteroatoms. The van der Waals surface area contributed by atoms with Crippen LogP contribution in [0.3, 0.4) is 0 Å². The highest BCUT2D eigenvalue weighted by molar-refractivity contribution is 9.10. The SMILES string of the molecule is Fc1ccc(F)c(C(Br)c2ccc(Br)cc2Cl)c1. The van der Waals surface area contributed by atoms with E-state index in [-0.39, 0.29) is 5.56 Å². The van der Waals surface area contributed by atoms with Crippen molar-refractivity contribution in [3.8, 4) is 0 Å². The molecule has 18 heavy (non-hydrogen) atoms. The highest BCUT2D eigenvalue weighted by Gasteiger charge is 2.18. The van der Waals surface area contributed by atoms with Crippen molar-refractivity contribution < 1.29 is 8.78 Å². The Labute approximate surface area is 125 Å². The summed E-state index contributed by atoms with van der Waals surface area (Å²) < 4.78 is 27.7. The van der Waals surface area contributed by atoms with Crippen LogP contribution in [-0.2, 0) is 0 Å². The summed E-state index contributed by atoms with van der Waals surface area (Å²) in [6.07, 6.45) is 0. The van der Waals surface area contributed by atoms with Gasteiger partial charge in [-0.15, -0.1) is 0 Å². The first-order valence-electron chi connectivity index (χ1n) is 5.03. The van der Waals surface area contributed by atoms with Crippen LogP contribution in [-0.4, -0.2) is 0 Å². The van der Waals surface area contributed by atoms with E-state index in [0.29, 0.717) is 10.6 Å². The third-order valence-corrected chi connectivity index (χ3v) is 4.27. The van der Waals surface area contributed by atoms with Crippen LogP contribution in [0.1, 0.15) is 16.0 Å². The summed E-state index contributed by atoms with van der Waals surface area (Å²) in [6.45, 7) is 0. The van der Waals surface area contributed by atoms with Crippen molar-refractivity contribution >= 4 is 43.5 Å². The van der Waals surface area contributed by atoms with Crippen molar-refractivity contribution in [2.24, 2.45) is 0 Å². The largest absolute Gasteiger partial charge is 0.207 e. The van der Waals surface area contributed by atoms with Gasteiger partial charge in [0.15, 0.2) is 0 Å². The minimum absolute atomic E-state index is 0.222. The van der Waals surface area contributed by atoms with Crippen LogP contribution in [0.5, 0.6) is 0 Å². The average Bonchev–Trinajstić information content (AvgIpc) is 2.31. The van der Waals surface area contributed by atoms with E-state index in [9.17, 15) is 8.78 Å². The lowest BCUT2D eigenvalue weighted by Gasteiger charge is -2.13. The molecule has 0 saturated carbocycles. The van der Waals surface area contributed by atoms with Crippen LogP contribution in [0.2, 0.25) is 5.02 Å². The van der Waals surface area contributed by atoms with Gasteiger partial charge in [0.05, 0.1) is 4.83 Å². The van der Waals surface area contributed by atoms with E-state index in [1.807, 2.05) is 0 Å². The summed E-state index contributed by atoms with van der Waals surface area (Å²) in [5.41, 5.74) is 0.906. The second kappa shape index (κ2) is 5.68. The first-order valence-corrected chi connectivity index (χ1v) is 7.11. The highest BCUT2D eigenvalue weighted by Crippen LogP contribution is 2.37. The lowest BCUT2D eigenvalue weighted by Crippen LogP contribution is -1.98. The van der Waals surface area contributed by atoms with Gasteiger partial charge >= 0.3 is 0 Å². The Morgan fingerprint density at radius 2 is 1.72 bits per heavy atom. The van der Waals surface area contributed by atoms with Crippen molar-refractivity contribution in [1.82, 2.24) is 0 Å². The molecule has 1 atom stereocenters. The Hall–Kier alpha value is -0.450. The Morgan fingerprint density at radius 3 is 2.39 bits per heavy atom. The first-order chi connectivity index (χ1) is 8.49. The second-order valence-corrected chi connectivity index (χ2v) is 5.93. The van der Waals surface area contributed by atoms with E-state index in [1.165, 1.54) is 0 Å². The van der Waals surface area contributed by atoms with E-state index in [4.69, 9.17) is 11.6 Å². The van der Waals surface area contributed by atoms with Crippen molar-refractivity contribution in [3.05, 3.63) is 68.7 Å². The summed E-state index contributed by atoms with van der Waals surface area (Å²) in [7, 11) is 0. The van der Waals surface area contributed by atoms with Gasteiger partial charge in [0, 0.05) is 15.1 Å². The Kier molecular flexibility index (Phi) is 4.41. The quantitative estimate of drug-likeness (QED) is 0.558. The number of hydrogen-bond donors (Lipinski definition) is 0. The number of hydrogen-bond acceptors (Lipinski definition) is 0. The lowest BCUT2D eigenvalue weighted by molar-refractivity contribution is 0.588. The summed E-state index contributed by atoms with van der Waals surface area (Å²) in [6, 6.07) is 8.62. The molecule has 0 saturated heterocycles. The zero-order valence-electron chi connectivity index (χ0n) is 8.93. The molecule has 0 spiro atoms. The molecule has 0 N–H and O–H groups in total. The third-order valence-electron chi connectivity index (χ3n) is 2.47. The molecule has 0 nitrogen and oxygen atoms in total. The summed E-state index contributed by atoms with van der Waals surface area (Å²) >= 11 is 12.7. The van der Waals surface area contributed by atoms with Gasteiger partial charge in [-0.25, -0.2) is 8.78 Å². The molecule has 0 aliphatic carbocycles. The zero-order chi connectivity index (χ0) is 13.3. The molecule has 0 radical (unpaired) electrons. The standard InChI is InChI=1S/C13H7Br2ClF2/c14-7-1-3-9(11(16)5-7)13(15)10-6-8(17)2-4-12(10)18/h1-6,13H. The van der Waals surface area contributed by atoms with Crippen LogP contribution in [0, 0.1) is 11.6 Å². The molecule has 0 amide bonds. The fraction of sp³-hybridized carbons (Fsp3) is 0.0769. The number of benzene rings is 2. The molecule has 2 aromatic carbocycles. The minimum Gasteiger partial charge on any atom is -0.207 e. The molecule has 1 unspecified atom stereocenters. The molecular weight excluding hydrogens is 389 g/mol. The maximum Gasteiger partial charge on any atom is 0.128 e. The van der Waals surface area contributed by atoms with Crippen molar-refractivity contribution in [1.29, 1.82) is 0 Å². The summed E-state index contributed by atoms with van der Waals surface area (Å²) in [5.74, 6) is -0.957. The Morgan fingerprint density at radius 1 is 1.00 bits per heavy atom. The molecule has 0 bridgehead atoms. The summed E-state index contributed by atoms with van der Waals surface area (Å²) in [4.78, 5) is -0.492. The maximum atomic E-state index is 13.7. The van der Waals surface area contributed by atoms with Gasteiger partial charge in [0.2, 0.25) is 0 Å². The van der Waals surface area contributed by atoms with Gasteiger partial charge in [-0.3, -0.25) is 0 Å². The molecular formula is C13H7Br2ClF2. The van der Waals surface area contributed by atoms with Gasteiger partial charge in [0.1, 0.15) is 11.6 Å². The predicted molar refractivity (Wildman–Crippen MR) is 76.3 cm³/mol. The van der Waals surface area contributed by atoms with Crippen LogP contribution < -0.4 is 0 Å². The van der Waals surface area contributed by atoms with Crippen LogP contribution >= 0.6 is 43.5 Å². The second-order valence-electron chi connectivity index (χ2n) is 3.69. The van der Waals surface area contributed by atoms with E-state index >= 15 is 0 Å². The fourth-order valence-corrected chi connectivity index (χ4v) is 3.25. The Bertz CT molecular complexity index is 587. The molecule has 0 heterocycles. The Balaban J connectivity index is 2.47. The highest BCUT2D eigenvalue weighted by atomic mass is 79.9.